The first kappa shape index (κ1) is 23.7. The maximum atomic E-state index is 12.6. The number of nitrogens with zero attached hydrogens (tertiary/aromatic N) is 2. The van der Waals surface area contributed by atoms with Crippen LogP contribution >= 0.6 is 0 Å². The van der Waals surface area contributed by atoms with Gasteiger partial charge < -0.3 is 15.7 Å². The van der Waals surface area contributed by atoms with Crippen LogP contribution in [0.1, 0.15) is 81.1 Å². The Morgan fingerprint density at radius 3 is 2.39 bits per heavy atom. The number of fused-ring (bicyclic) bond motifs is 2. The predicted molar refractivity (Wildman–Crippen MR) is 123 cm³/mol. The van der Waals surface area contributed by atoms with Crippen molar-refractivity contribution in [2.75, 3.05) is 19.6 Å². The van der Waals surface area contributed by atoms with Gasteiger partial charge in [0.1, 0.15) is 6.10 Å². The Bertz CT molecular complexity index is 748. The van der Waals surface area contributed by atoms with Crippen LogP contribution < -0.4 is 5.73 Å². The van der Waals surface area contributed by atoms with E-state index in [1.54, 1.807) is 13.0 Å². The molecule has 3 rings (SSSR count). The highest BCUT2D eigenvalue weighted by Gasteiger charge is 2.41. The molecule has 2 heterocycles. The first-order valence-electron chi connectivity index (χ1n) is 12.0. The molecule has 172 valence electrons. The molecule has 2 saturated heterocycles. The Labute approximate surface area is 186 Å². The minimum absolute atomic E-state index is 0.155. The fraction of sp³-hybridized carbons (Fsp3) is 0.680. The highest BCUT2D eigenvalue weighted by atomic mass is 16.3. The smallest absolute Gasteiger partial charge is 0.251 e. The van der Waals surface area contributed by atoms with Gasteiger partial charge in [-0.3, -0.25) is 14.5 Å². The van der Waals surface area contributed by atoms with Gasteiger partial charge in [-0.1, -0.05) is 38.8 Å². The van der Waals surface area contributed by atoms with Crippen LogP contribution in [0.3, 0.4) is 0 Å². The number of carbonyl (C=O) groups excluding carboxylic acids is 2. The van der Waals surface area contributed by atoms with E-state index in [0.717, 1.165) is 38.8 Å². The van der Waals surface area contributed by atoms with Crippen LogP contribution in [0.4, 0.5) is 0 Å². The lowest BCUT2D eigenvalue weighted by Crippen LogP contribution is -2.49. The number of aliphatic hydroxyl groups excluding tert-OH is 1. The number of benzene rings is 1. The third-order valence-electron chi connectivity index (χ3n) is 7.46. The van der Waals surface area contributed by atoms with Crippen molar-refractivity contribution >= 4 is 11.8 Å². The van der Waals surface area contributed by atoms with Gasteiger partial charge in [0.25, 0.3) is 5.91 Å². The second-order valence-electron chi connectivity index (χ2n) is 9.42. The van der Waals surface area contributed by atoms with Gasteiger partial charge in [-0.05, 0) is 62.1 Å². The maximum Gasteiger partial charge on any atom is 0.251 e. The highest BCUT2D eigenvalue weighted by molar-refractivity contribution is 5.92. The third kappa shape index (κ3) is 5.66. The molecule has 2 bridgehead atoms. The van der Waals surface area contributed by atoms with Crippen LogP contribution in [0.25, 0.3) is 0 Å². The van der Waals surface area contributed by atoms with Crippen molar-refractivity contribution in [3.05, 3.63) is 35.4 Å². The Morgan fingerprint density at radius 2 is 1.84 bits per heavy atom. The van der Waals surface area contributed by atoms with Crippen molar-refractivity contribution in [2.24, 2.45) is 11.7 Å². The summed E-state index contributed by atoms with van der Waals surface area (Å²) in [5.74, 6) is 0.399. The summed E-state index contributed by atoms with van der Waals surface area (Å²) < 4.78 is 0. The lowest BCUT2D eigenvalue weighted by molar-refractivity contribution is -0.140. The van der Waals surface area contributed by atoms with Crippen LogP contribution in [0.2, 0.25) is 0 Å². The molecule has 2 aliphatic heterocycles. The monoisotopic (exact) mass is 429 g/mol. The Balaban J connectivity index is 1.64. The molecule has 3 N–H and O–H groups in total. The summed E-state index contributed by atoms with van der Waals surface area (Å²) in [6.07, 6.45) is 5.67. The minimum atomic E-state index is -0.950. The van der Waals surface area contributed by atoms with E-state index in [2.05, 4.69) is 24.8 Å². The van der Waals surface area contributed by atoms with E-state index in [1.807, 2.05) is 17.0 Å². The van der Waals surface area contributed by atoms with Gasteiger partial charge in [0, 0.05) is 37.3 Å². The topological polar surface area (TPSA) is 86.9 Å². The molecule has 2 aliphatic rings. The second-order valence-corrected chi connectivity index (χ2v) is 9.42. The molecule has 1 aromatic rings. The average Bonchev–Trinajstić information content (AvgIpc) is 3.00. The average molecular weight is 430 g/mol. The number of hydrogen-bond donors (Lipinski definition) is 2. The molecule has 6 heteroatoms. The molecule has 6 nitrogen and oxygen atoms in total. The molecular formula is C25H39N3O3. The number of carbonyl (C=O) groups is 2. The number of nitrogens with two attached hydrogens (primary N) is 1. The summed E-state index contributed by atoms with van der Waals surface area (Å²) in [7, 11) is 0. The van der Waals surface area contributed by atoms with E-state index in [4.69, 9.17) is 5.73 Å². The SMILES string of the molecule is CCC(CC)CN(CCN1[C@@H]2CC[C@H]1C[C@@H](c1cccc(C(N)=O)c1)C2)C(=O)[C@@H](C)O. The molecule has 0 aromatic heterocycles. The Hall–Kier alpha value is -1.92. The van der Waals surface area contributed by atoms with Crippen LogP contribution in [0, 0.1) is 5.92 Å². The van der Waals surface area contributed by atoms with E-state index in [0.29, 0.717) is 36.0 Å². The minimum Gasteiger partial charge on any atom is -0.384 e. The molecule has 2 amide bonds. The first-order valence-corrected chi connectivity index (χ1v) is 12.0. The Kier molecular flexibility index (Phi) is 8.11. The molecule has 0 aliphatic carbocycles. The van der Waals surface area contributed by atoms with Crippen molar-refractivity contribution < 1.29 is 14.7 Å². The van der Waals surface area contributed by atoms with Crippen molar-refractivity contribution in [1.82, 2.24) is 9.80 Å². The number of rotatable bonds is 10. The second kappa shape index (κ2) is 10.6. The van der Waals surface area contributed by atoms with Gasteiger partial charge in [0.15, 0.2) is 0 Å². The number of aliphatic hydroxyl groups is 1. The quantitative estimate of drug-likeness (QED) is 0.598. The van der Waals surface area contributed by atoms with E-state index in [9.17, 15) is 14.7 Å². The molecule has 4 atom stereocenters. The normalized spacial score (nSPS) is 24.4. The number of piperidine rings is 1. The fourth-order valence-corrected chi connectivity index (χ4v) is 5.51. The molecular weight excluding hydrogens is 390 g/mol. The number of amides is 2. The summed E-state index contributed by atoms with van der Waals surface area (Å²) in [5.41, 5.74) is 7.27. The van der Waals surface area contributed by atoms with Crippen LogP contribution in [0.15, 0.2) is 24.3 Å². The maximum absolute atomic E-state index is 12.6. The zero-order valence-electron chi connectivity index (χ0n) is 19.3. The van der Waals surface area contributed by atoms with Crippen molar-refractivity contribution in [2.45, 2.75) is 83.4 Å². The molecule has 0 unspecified atom stereocenters. The Morgan fingerprint density at radius 1 is 1.19 bits per heavy atom. The van der Waals surface area contributed by atoms with Crippen molar-refractivity contribution in [3.8, 4) is 0 Å². The largest absolute Gasteiger partial charge is 0.384 e. The van der Waals surface area contributed by atoms with Gasteiger partial charge in [-0.2, -0.15) is 0 Å². The van der Waals surface area contributed by atoms with Gasteiger partial charge >= 0.3 is 0 Å². The first-order chi connectivity index (χ1) is 14.8. The summed E-state index contributed by atoms with van der Waals surface area (Å²) >= 11 is 0. The van der Waals surface area contributed by atoms with E-state index < -0.39 is 6.10 Å². The van der Waals surface area contributed by atoms with Crippen molar-refractivity contribution in [3.63, 3.8) is 0 Å². The van der Waals surface area contributed by atoms with Gasteiger partial charge in [-0.15, -0.1) is 0 Å². The summed E-state index contributed by atoms with van der Waals surface area (Å²) in [5, 5.41) is 9.89. The molecule has 0 radical (unpaired) electrons. The van der Waals surface area contributed by atoms with E-state index >= 15 is 0 Å². The van der Waals surface area contributed by atoms with Crippen LogP contribution in [-0.2, 0) is 4.79 Å². The zero-order chi connectivity index (χ0) is 22.5. The predicted octanol–water partition coefficient (Wildman–Crippen LogP) is 3.14. The number of hydrogen-bond acceptors (Lipinski definition) is 4. The fourth-order valence-electron chi connectivity index (χ4n) is 5.51. The van der Waals surface area contributed by atoms with E-state index in [-0.39, 0.29) is 11.8 Å². The van der Waals surface area contributed by atoms with E-state index in [1.165, 1.54) is 18.4 Å². The molecule has 1 aromatic carbocycles. The van der Waals surface area contributed by atoms with Crippen LogP contribution in [-0.4, -0.2) is 64.5 Å². The molecule has 0 spiro atoms. The van der Waals surface area contributed by atoms with Crippen LogP contribution in [0.5, 0.6) is 0 Å². The molecule has 0 saturated carbocycles. The number of primary amides is 1. The summed E-state index contributed by atoms with van der Waals surface area (Å²) in [6.45, 7) is 8.16. The van der Waals surface area contributed by atoms with Gasteiger partial charge in [0.05, 0.1) is 0 Å². The van der Waals surface area contributed by atoms with Crippen molar-refractivity contribution in [1.29, 1.82) is 0 Å². The standard InChI is InChI=1S/C25H39N3O3/c1-4-18(5-2)16-27(25(31)17(3)29)11-12-28-22-9-10-23(28)15-21(14-22)19-7-6-8-20(13-19)24(26)30/h6-8,13,17-18,21-23,29H,4-5,9-12,14-16H2,1-3H3,(H2,26,30)/t17-,21-,22+,23-/m1/s1. The van der Waals surface area contributed by atoms with Gasteiger partial charge in [-0.25, -0.2) is 0 Å². The van der Waals surface area contributed by atoms with Gasteiger partial charge in [0.2, 0.25) is 5.91 Å². The molecule has 31 heavy (non-hydrogen) atoms. The lowest BCUT2D eigenvalue weighted by Gasteiger charge is -2.40. The summed E-state index contributed by atoms with van der Waals surface area (Å²) in [4.78, 5) is 28.6. The highest BCUT2D eigenvalue weighted by Crippen LogP contribution is 2.43. The molecule has 2 fully saturated rings. The third-order valence-corrected chi connectivity index (χ3v) is 7.46. The summed E-state index contributed by atoms with van der Waals surface area (Å²) in [6, 6.07) is 8.81. The lowest BCUT2D eigenvalue weighted by atomic mass is 9.84. The zero-order valence-corrected chi connectivity index (χ0v) is 19.3.